The van der Waals surface area contributed by atoms with Crippen molar-refractivity contribution in [1.82, 2.24) is 0 Å². The number of rotatable bonds is 5. The van der Waals surface area contributed by atoms with Crippen molar-refractivity contribution in [2.45, 2.75) is 6.10 Å². The SMILES string of the molecule is COc1ccccc1OCC(O)c1cccc(O)c1. The van der Waals surface area contributed by atoms with Gasteiger partial charge in [0.2, 0.25) is 0 Å². The number of phenolic OH excluding ortho intramolecular Hbond substituents is 1. The van der Waals surface area contributed by atoms with Gasteiger partial charge in [-0.05, 0) is 29.8 Å². The summed E-state index contributed by atoms with van der Waals surface area (Å²) in [6.45, 7) is 0.0871. The standard InChI is InChI=1S/C15H16O4/c1-18-14-7-2-3-8-15(14)19-10-13(17)11-5-4-6-12(16)9-11/h2-9,13,16-17H,10H2,1H3. The van der Waals surface area contributed by atoms with Gasteiger partial charge in [-0.15, -0.1) is 0 Å². The molecule has 0 aliphatic heterocycles. The summed E-state index contributed by atoms with van der Waals surface area (Å²) in [7, 11) is 1.56. The molecule has 0 saturated carbocycles. The number of aromatic hydroxyl groups is 1. The van der Waals surface area contributed by atoms with E-state index in [1.165, 1.54) is 6.07 Å². The molecule has 2 rings (SSSR count). The predicted molar refractivity (Wildman–Crippen MR) is 71.6 cm³/mol. The number of hydrogen-bond donors (Lipinski definition) is 2. The van der Waals surface area contributed by atoms with E-state index >= 15 is 0 Å². The van der Waals surface area contributed by atoms with Gasteiger partial charge in [0.05, 0.1) is 7.11 Å². The highest BCUT2D eigenvalue weighted by Gasteiger charge is 2.10. The van der Waals surface area contributed by atoms with Gasteiger partial charge in [-0.3, -0.25) is 0 Å². The summed E-state index contributed by atoms with van der Waals surface area (Å²) in [6.07, 6.45) is -0.808. The number of para-hydroxylation sites is 2. The Bertz CT molecular complexity index is 539. The molecule has 0 spiro atoms. The topological polar surface area (TPSA) is 58.9 Å². The third-order valence-corrected chi connectivity index (χ3v) is 2.72. The molecule has 2 aromatic carbocycles. The third kappa shape index (κ3) is 3.39. The van der Waals surface area contributed by atoms with E-state index < -0.39 is 6.10 Å². The van der Waals surface area contributed by atoms with Gasteiger partial charge in [0, 0.05) is 0 Å². The molecule has 1 atom stereocenters. The van der Waals surface area contributed by atoms with Crippen molar-refractivity contribution in [2.24, 2.45) is 0 Å². The van der Waals surface area contributed by atoms with Crippen molar-refractivity contribution in [2.75, 3.05) is 13.7 Å². The van der Waals surface area contributed by atoms with E-state index in [4.69, 9.17) is 9.47 Å². The summed E-state index contributed by atoms with van der Waals surface area (Å²) >= 11 is 0. The molecule has 4 nitrogen and oxygen atoms in total. The fraction of sp³-hybridized carbons (Fsp3) is 0.200. The van der Waals surface area contributed by atoms with Crippen LogP contribution >= 0.6 is 0 Å². The van der Waals surface area contributed by atoms with Crippen LogP contribution in [-0.2, 0) is 0 Å². The molecule has 2 N–H and O–H groups in total. The Labute approximate surface area is 111 Å². The summed E-state index contributed by atoms with van der Waals surface area (Å²) < 4.78 is 10.7. The van der Waals surface area contributed by atoms with Crippen LogP contribution in [0.4, 0.5) is 0 Å². The molecule has 2 aromatic rings. The van der Waals surface area contributed by atoms with E-state index in [1.54, 1.807) is 37.4 Å². The number of methoxy groups -OCH3 is 1. The zero-order chi connectivity index (χ0) is 13.7. The van der Waals surface area contributed by atoms with E-state index in [-0.39, 0.29) is 12.4 Å². The Morgan fingerprint density at radius 3 is 2.47 bits per heavy atom. The monoisotopic (exact) mass is 260 g/mol. The summed E-state index contributed by atoms with van der Waals surface area (Å²) in [5, 5.41) is 19.4. The van der Waals surface area contributed by atoms with Gasteiger partial charge in [0.25, 0.3) is 0 Å². The van der Waals surface area contributed by atoms with Gasteiger partial charge in [-0.1, -0.05) is 24.3 Å². The minimum Gasteiger partial charge on any atom is -0.508 e. The number of benzene rings is 2. The Morgan fingerprint density at radius 1 is 1.05 bits per heavy atom. The van der Waals surface area contributed by atoms with E-state index in [0.29, 0.717) is 17.1 Å². The molecule has 0 fully saturated rings. The first-order valence-corrected chi connectivity index (χ1v) is 5.93. The second-order valence-electron chi connectivity index (χ2n) is 4.07. The quantitative estimate of drug-likeness (QED) is 0.867. The average Bonchev–Trinajstić information content (AvgIpc) is 2.45. The van der Waals surface area contributed by atoms with Crippen molar-refractivity contribution in [3.63, 3.8) is 0 Å². The van der Waals surface area contributed by atoms with Crippen molar-refractivity contribution >= 4 is 0 Å². The molecule has 0 bridgehead atoms. The molecule has 0 aliphatic rings. The van der Waals surface area contributed by atoms with Crippen LogP contribution in [0.25, 0.3) is 0 Å². The van der Waals surface area contributed by atoms with Crippen molar-refractivity contribution < 1.29 is 19.7 Å². The molecule has 0 aliphatic carbocycles. The molecule has 0 heterocycles. The summed E-state index contributed by atoms with van der Waals surface area (Å²) in [5.41, 5.74) is 0.606. The Balaban J connectivity index is 2.02. The zero-order valence-corrected chi connectivity index (χ0v) is 10.6. The summed E-state index contributed by atoms with van der Waals surface area (Å²) in [5.74, 6) is 1.31. The first kappa shape index (κ1) is 13.2. The first-order valence-electron chi connectivity index (χ1n) is 5.93. The van der Waals surface area contributed by atoms with Crippen LogP contribution in [-0.4, -0.2) is 23.9 Å². The van der Waals surface area contributed by atoms with Crippen LogP contribution in [0.5, 0.6) is 17.2 Å². The van der Waals surface area contributed by atoms with Gasteiger partial charge in [-0.25, -0.2) is 0 Å². The van der Waals surface area contributed by atoms with E-state index in [1.807, 2.05) is 12.1 Å². The maximum absolute atomic E-state index is 9.99. The number of ether oxygens (including phenoxy) is 2. The minimum absolute atomic E-state index is 0.0871. The first-order chi connectivity index (χ1) is 9.20. The van der Waals surface area contributed by atoms with Crippen molar-refractivity contribution in [3.05, 3.63) is 54.1 Å². The predicted octanol–water partition coefficient (Wildman–Crippen LogP) is 2.51. The number of hydrogen-bond acceptors (Lipinski definition) is 4. The largest absolute Gasteiger partial charge is 0.508 e. The fourth-order valence-corrected chi connectivity index (χ4v) is 1.74. The summed E-state index contributed by atoms with van der Waals surface area (Å²) in [6, 6.07) is 13.7. The molecular weight excluding hydrogens is 244 g/mol. The van der Waals surface area contributed by atoms with Gasteiger partial charge in [-0.2, -0.15) is 0 Å². The second-order valence-corrected chi connectivity index (χ2v) is 4.07. The number of aliphatic hydroxyl groups is 1. The van der Waals surface area contributed by atoms with Crippen LogP contribution in [0.1, 0.15) is 11.7 Å². The van der Waals surface area contributed by atoms with Gasteiger partial charge < -0.3 is 19.7 Å². The smallest absolute Gasteiger partial charge is 0.161 e. The Hall–Kier alpha value is -2.20. The lowest BCUT2D eigenvalue weighted by Gasteiger charge is -2.14. The van der Waals surface area contributed by atoms with Crippen molar-refractivity contribution in [1.29, 1.82) is 0 Å². The van der Waals surface area contributed by atoms with Crippen molar-refractivity contribution in [3.8, 4) is 17.2 Å². The number of aliphatic hydroxyl groups excluding tert-OH is 1. The van der Waals surface area contributed by atoms with Crippen LogP contribution in [0, 0.1) is 0 Å². The molecule has 4 heteroatoms. The highest BCUT2D eigenvalue weighted by atomic mass is 16.5. The zero-order valence-electron chi connectivity index (χ0n) is 10.6. The molecule has 1 unspecified atom stereocenters. The lowest BCUT2D eigenvalue weighted by atomic mass is 10.1. The van der Waals surface area contributed by atoms with Gasteiger partial charge in [0.15, 0.2) is 11.5 Å². The van der Waals surface area contributed by atoms with Crippen LogP contribution in [0.15, 0.2) is 48.5 Å². The molecule has 0 amide bonds. The lowest BCUT2D eigenvalue weighted by molar-refractivity contribution is 0.106. The van der Waals surface area contributed by atoms with Gasteiger partial charge in [0.1, 0.15) is 18.5 Å². The molecule has 0 saturated heterocycles. The van der Waals surface area contributed by atoms with E-state index in [9.17, 15) is 10.2 Å². The molecule has 0 aromatic heterocycles. The molecule has 19 heavy (non-hydrogen) atoms. The second kappa shape index (κ2) is 6.11. The molecule has 0 radical (unpaired) electrons. The normalized spacial score (nSPS) is 11.9. The van der Waals surface area contributed by atoms with Gasteiger partial charge >= 0.3 is 0 Å². The van der Waals surface area contributed by atoms with E-state index in [2.05, 4.69) is 0 Å². The molecule has 100 valence electrons. The van der Waals surface area contributed by atoms with Crippen LogP contribution in [0.3, 0.4) is 0 Å². The van der Waals surface area contributed by atoms with E-state index in [0.717, 1.165) is 0 Å². The minimum atomic E-state index is -0.808. The third-order valence-electron chi connectivity index (χ3n) is 2.72. The Morgan fingerprint density at radius 2 is 1.79 bits per heavy atom. The highest BCUT2D eigenvalue weighted by molar-refractivity contribution is 5.39. The number of phenols is 1. The van der Waals surface area contributed by atoms with Crippen LogP contribution < -0.4 is 9.47 Å². The van der Waals surface area contributed by atoms with Crippen LogP contribution in [0.2, 0.25) is 0 Å². The fourth-order valence-electron chi connectivity index (χ4n) is 1.74. The molecular formula is C15H16O4. The lowest BCUT2D eigenvalue weighted by Crippen LogP contribution is -2.10. The highest BCUT2D eigenvalue weighted by Crippen LogP contribution is 2.27. The summed E-state index contributed by atoms with van der Waals surface area (Å²) in [4.78, 5) is 0. The maximum Gasteiger partial charge on any atom is 0.161 e. The Kier molecular flexibility index (Phi) is 4.26. The maximum atomic E-state index is 9.99. The average molecular weight is 260 g/mol.